The van der Waals surface area contributed by atoms with Crippen molar-refractivity contribution in [1.29, 1.82) is 0 Å². The Morgan fingerprint density at radius 2 is 1.70 bits per heavy atom. The maximum Gasteiger partial charge on any atom is 0.419 e. The molecule has 0 aliphatic heterocycles. The van der Waals surface area contributed by atoms with Crippen molar-refractivity contribution in [2.24, 2.45) is 5.10 Å². The standard InChI is InChI=1S/C25H20ClF5N8O/c26-21-8-3-16(12-32-21)13-33-22-36-23(35-17-4-7-20(28)19(11-17)25(29,30)31)38-24(37-22)39-34-14-15-1-5-18(6-2-15)40-10-9-27/h1-8,11-12,14H,9-10,13H2,(H3,33,35,36,37,38,39)/b34-14+. The number of nitrogens with one attached hydrogen (secondary N) is 3. The number of hydrogen-bond acceptors (Lipinski definition) is 9. The predicted molar refractivity (Wildman–Crippen MR) is 140 cm³/mol. The van der Waals surface area contributed by atoms with E-state index < -0.39 is 24.2 Å². The minimum Gasteiger partial charge on any atom is -0.491 e. The minimum atomic E-state index is -4.89. The van der Waals surface area contributed by atoms with Crippen LogP contribution in [-0.4, -0.2) is 39.4 Å². The maximum absolute atomic E-state index is 13.7. The number of rotatable bonds is 11. The number of nitrogens with zero attached hydrogens (tertiary/aromatic N) is 5. The first-order chi connectivity index (χ1) is 19.2. The highest BCUT2D eigenvalue weighted by molar-refractivity contribution is 6.29. The van der Waals surface area contributed by atoms with E-state index in [1.165, 1.54) is 6.21 Å². The molecule has 0 saturated carbocycles. The van der Waals surface area contributed by atoms with Crippen LogP contribution in [0.3, 0.4) is 0 Å². The van der Waals surface area contributed by atoms with Crippen LogP contribution in [-0.2, 0) is 12.7 Å². The molecule has 2 aromatic heterocycles. The van der Waals surface area contributed by atoms with E-state index in [-0.39, 0.29) is 36.7 Å². The molecule has 0 atom stereocenters. The number of hydrogen-bond donors (Lipinski definition) is 3. The quantitative estimate of drug-likeness (QED) is 0.0832. The Labute approximate surface area is 229 Å². The van der Waals surface area contributed by atoms with Crippen molar-refractivity contribution in [2.45, 2.75) is 12.7 Å². The number of pyridine rings is 1. The Balaban J connectivity index is 1.54. The average Bonchev–Trinajstić information content (AvgIpc) is 2.93. The normalized spacial score (nSPS) is 11.4. The highest BCUT2D eigenvalue weighted by atomic mass is 35.5. The Morgan fingerprint density at radius 1 is 0.950 bits per heavy atom. The summed E-state index contributed by atoms with van der Waals surface area (Å²) in [5.74, 6) is -1.05. The monoisotopic (exact) mass is 578 g/mol. The second-order valence-corrected chi connectivity index (χ2v) is 8.33. The largest absolute Gasteiger partial charge is 0.491 e. The van der Waals surface area contributed by atoms with Gasteiger partial charge in [0.2, 0.25) is 17.8 Å². The molecule has 0 aliphatic carbocycles. The van der Waals surface area contributed by atoms with Crippen LogP contribution >= 0.6 is 11.6 Å². The fourth-order valence-corrected chi connectivity index (χ4v) is 3.29. The first-order valence-corrected chi connectivity index (χ1v) is 11.9. The van der Waals surface area contributed by atoms with Crippen molar-refractivity contribution in [3.05, 3.63) is 88.5 Å². The van der Waals surface area contributed by atoms with Crippen molar-refractivity contribution in [3.8, 4) is 5.75 Å². The fraction of sp³-hybridized carbons (Fsp3) is 0.160. The summed E-state index contributed by atoms with van der Waals surface area (Å²) in [7, 11) is 0. The molecule has 0 fully saturated rings. The van der Waals surface area contributed by atoms with E-state index >= 15 is 0 Å². The molecule has 15 heteroatoms. The molecular formula is C25H20ClF5N8O. The van der Waals surface area contributed by atoms with Gasteiger partial charge in [0, 0.05) is 18.4 Å². The summed E-state index contributed by atoms with van der Waals surface area (Å²) in [5.41, 5.74) is 2.52. The second kappa shape index (κ2) is 13.0. The van der Waals surface area contributed by atoms with Crippen LogP contribution in [0.4, 0.5) is 45.5 Å². The van der Waals surface area contributed by atoms with Crippen molar-refractivity contribution < 1.29 is 26.7 Å². The van der Waals surface area contributed by atoms with E-state index in [4.69, 9.17) is 16.3 Å². The van der Waals surface area contributed by atoms with Gasteiger partial charge in [-0.15, -0.1) is 0 Å². The molecule has 3 N–H and O–H groups in total. The zero-order valence-corrected chi connectivity index (χ0v) is 21.1. The van der Waals surface area contributed by atoms with Crippen LogP contribution in [0.2, 0.25) is 5.15 Å². The Morgan fingerprint density at radius 3 is 2.40 bits per heavy atom. The van der Waals surface area contributed by atoms with Gasteiger partial charge in [0.05, 0.1) is 11.8 Å². The van der Waals surface area contributed by atoms with Crippen molar-refractivity contribution in [1.82, 2.24) is 19.9 Å². The maximum atomic E-state index is 13.7. The van der Waals surface area contributed by atoms with Crippen LogP contribution in [0.5, 0.6) is 5.75 Å². The highest BCUT2D eigenvalue weighted by Gasteiger charge is 2.34. The molecule has 0 amide bonds. The predicted octanol–water partition coefficient (Wildman–Crippen LogP) is 6.23. The van der Waals surface area contributed by atoms with Crippen LogP contribution in [0.25, 0.3) is 0 Å². The smallest absolute Gasteiger partial charge is 0.419 e. The Hall–Kier alpha value is -4.59. The van der Waals surface area contributed by atoms with Crippen molar-refractivity contribution in [2.75, 3.05) is 29.3 Å². The van der Waals surface area contributed by atoms with Gasteiger partial charge >= 0.3 is 6.18 Å². The van der Waals surface area contributed by atoms with Crippen LogP contribution in [0, 0.1) is 5.82 Å². The summed E-state index contributed by atoms with van der Waals surface area (Å²) >= 11 is 5.81. The summed E-state index contributed by atoms with van der Waals surface area (Å²) in [5, 5.41) is 9.99. The molecule has 0 radical (unpaired) electrons. The number of hydrazone groups is 1. The molecule has 2 aromatic carbocycles. The van der Waals surface area contributed by atoms with E-state index in [9.17, 15) is 22.0 Å². The van der Waals surface area contributed by atoms with E-state index in [1.807, 2.05) is 0 Å². The number of alkyl halides is 4. The number of aromatic nitrogens is 4. The second-order valence-electron chi connectivity index (χ2n) is 7.94. The first kappa shape index (κ1) is 28.4. The van der Waals surface area contributed by atoms with Gasteiger partial charge in [-0.1, -0.05) is 17.7 Å². The van der Waals surface area contributed by atoms with E-state index in [2.05, 4.69) is 41.1 Å². The molecule has 208 valence electrons. The molecule has 0 spiro atoms. The van der Waals surface area contributed by atoms with E-state index in [0.717, 1.165) is 11.6 Å². The van der Waals surface area contributed by atoms with Gasteiger partial charge in [-0.05, 0) is 59.7 Å². The zero-order chi connectivity index (χ0) is 28.5. The first-order valence-electron chi connectivity index (χ1n) is 11.5. The third kappa shape index (κ3) is 8.20. The lowest BCUT2D eigenvalue weighted by Gasteiger charge is -2.12. The molecular weight excluding hydrogens is 559 g/mol. The number of halogens is 6. The third-order valence-corrected chi connectivity index (χ3v) is 5.23. The zero-order valence-electron chi connectivity index (χ0n) is 20.4. The number of ether oxygens (including phenoxy) is 1. The van der Waals surface area contributed by atoms with Gasteiger partial charge in [0.1, 0.15) is 30.0 Å². The Bertz CT molecular complexity index is 1450. The van der Waals surface area contributed by atoms with Gasteiger partial charge in [0.25, 0.3) is 0 Å². The van der Waals surface area contributed by atoms with Gasteiger partial charge in [-0.2, -0.15) is 33.2 Å². The summed E-state index contributed by atoms with van der Waals surface area (Å²) < 4.78 is 70.6. The van der Waals surface area contributed by atoms with Crippen molar-refractivity contribution >= 4 is 41.3 Å². The number of anilines is 4. The van der Waals surface area contributed by atoms with Crippen LogP contribution in [0.15, 0.2) is 65.9 Å². The Kier molecular flexibility index (Phi) is 9.22. The lowest BCUT2D eigenvalue weighted by atomic mass is 10.2. The fourth-order valence-electron chi connectivity index (χ4n) is 3.17. The molecule has 4 aromatic rings. The van der Waals surface area contributed by atoms with Gasteiger partial charge in [0.15, 0.2) is 0 Å². The summed E-state index contributed by atoms with van der Waals surface area (Å²) in [4.78, 5) is 16.5. The molecule has 9 nitrogen and oxygen atoms in total. The van der Waals surface area contributed by atoms with E-state index in [1.54, 1.807) is 42.6 Å². The highest BCUT2D eigenvalue weighted by Crippen LogP contribution is 2.33. The molecule has 0 unspecified atom stereocenters. The summed E-state index contributed by atoms with van der Waals surface area (Å²) in [6.45, 7) is -0.416. The molecule has 0 saturated heterocycles. The van der Waals surface area contributed by atoms with Gasteiger partial charge in [-0.25, -0.2) is 19.2 Å². The lowest BCUT2D eigenvalue weighted by molar-refractivity contribution is -0.139. The van der Waals surface area contributed by atoms with E-state index in [0.29, 0.717) is 28.6 Å². The van der Waals surface area contributed by atoms with Gasteiger partial charge in [-0.3, -0.25) is 0 Å². The molecule has 4 rings (SSSR count). The summed E-state index contributed by atoms with van der Waals surface area (Å²) in [6, 6.07) is 12.4. The minimum absolute atomic E-state index is 0.0495. The van der Waals surface area contributed by atoms with Gasteiger partial charge < -0.3 is 15.4 Å². The summed E-state index contributed by atoms with van der Waals surface area (Å²) in [6.07, 6.45) is -1.89. The topological polar surface area (TPSA) is 109 Å². The molecule has 2 heterocycles. The van der Waals surface area contributed by atoms with Crippen LogP contribution < -0.4 is 20.8 Å². The molecule has 40 heavy (non-hydrogen) atoms. The third-order valence-electron chi connectivity index (χ3n) is 5.01. The molecule has 0 aliphatic rings. The SMILES string of the molecule is FCCOc1ccc(/C=N/Nc2nc(NCc3ccc(Cl)nc3)nc(Nc3ccc(F)c(C(F)(F)F)c3)n2)cc1. The van der Waals surface area contributed by atoms with Crippen molar-refractivity contribution in [3.63, 3.8) is 0 Å². The van der Waals surface area contributed by atoms with Crippen LogP contribution in [0.1, 0.15) is 16.7 Å². The number of benzene rings is 2. The molecule has 0 bridgehead atoms. The lowest BCUT2D eigenvalue weighted by Crippen LogP contribution is -2.11. The average molecular weight is 579 g/mol.